The lowest BCUT2D eigenvalue weighted by Crippen LogP contribution is -2.08. The van der Waals surface area contributed by atoms with Gasteiger partial charge in [0.15, 0.2) is 0 Å². The topological polar surface area (TPSA) is 20.2 Å². The molecule has 0 saturated heterocycles. The molecule has 1 aromatic carbocycles. The van der Waals surface area contributed by atoms with Gasteiger partial charge < -0.3 is 5.11 Å². The van der Waals surface area contributed by atoms with Crippen molar-refractivity contribution < 1.29 is 5.11 Å². The van der Waals surface area contributed by atoms with Crippen LogP contribution in [0.3, 0.4) is 0 Å². The van der Waals surface area contributed by atoms with E-state index in [-0.39, 0.29) is 11.5 Å². The van der Waals surface area contributed by atoms with Crippen molar-refractivity contribution in [3.63, 3.8) is 0 Å². The van der Waals surface area contributed by atoms with Gasteiger partial charge in [-0.25, -0.2) is 0 Å². The van der Waals surface area contributed by atoms with Gasteiger partial charge in [0.25, 0.3) is 0 Å². The van der Waals surface area contributed by atoms with Crippen molar-refractivity contribution in [2.45, 2.75) is 39.7 Å². The Labute approximate surface area is 97.1 Å². The molecule has 0 unspecified atom stereocenters. The van der Waals surface area contributed by atoms with E-state index in [1.807, 2.05) is 24.3 Å². The summed E-state index contributed by atoms with van der Waals surface area (Å²) >= 11 is 5.78. The Bertz CT molecular complexity index is 297. The van der Waals surface area contributed by atoms with Gasteiger partial charge in [0.2, 0.25) is 0 Å². The van der Waals surface area contributed by atoms with E-state index < -0.39 is 0 Å². The lowest BCUT2D eigenvalue weighted by Gasteiger charge is -2.20. The van der Waals surface area contributed by atoms with Crippen molar-refractivity contribution in [2.24, 2.45) is 5.41 Å². The van der Waals surface area contributed by atoms with Crippen LogP contribution in [0.15, 0.2) is 24.3 Å². The summed E-state index contributed by atoms with van der Waals surface area (Å²) in [5.74, 6) is 0. The van der Waals surface area contributed by atoms with Crippen LogP contribution in [0.2, 0.25) is 5.02 Å². The van der Waals surface area contributed by atoms with Crippen LogP contribution in [0.4, 0.5) is 0 Å². The maximum absolute atomic E-state index is 9.93. The summed E-state index contributed by atoms with van der Waals surface area (Å²) in [6.07, 6.45) is 1.43. The number of aliphatic hydroxyl groups excluding tert-OH is 1. The quantitative estimate of drug-likeness (QED) is 0.819. The normalized spacial score (nSPS) is 13.9. The second-order valence-corrected chi connectivity index (χ2v) is 5.60. The third kappa shape index (κ3) is 4.67. The fourth-order valence-electron chi connectivity index (χ4n) is 1.42. The standard InChI is InChI=1S/C13H19ClO/c1-13(2,3)9-8-12(15)10-4-6-11(14)7-5-10/h4-7,12,15H,8-9H2,1-3H3/t12-/m0/s1. The number of benzene rings is 1. The average Bonchev–Trinajstić information content (AvgIpc) is 2.14. The molecule has 0 amide bonds. The van der Waals surface area contributed by atoms with Crippen LogP contribution in [0, 0.1) is 5.41 Å². The number of aliphatic hydroxyl groups is 1. The fourth-order valence-corrected chi connectivity index (χ4v) is 1.55. The zero-order valence-electron chi connectivity index (χ0n) is 9.63. The Morgan fingerprint density at radius 3 is 2.20 bits per heavy atom. The Morgan fingerprint density at radius 2 is 1.73 bits per heavy atom. The van der Waals surface area contributed by atoms with Crippen LogP contribution < -0.4 is 0 Å². The third-order valence-electron chi connectivity index (χ3n) is 2.42. The summed E-state index contributed by atoms with van der Waals surface area (Å²) in [5, 5.41) is 10.6. The van der Waals surface area contributed by atoms with Gasteiger partial charge in [0, 0.05) is 5.02 Å². The molecule has 84 valence electrons. The van der Waals surface area contributed by atoms with Gasteiger partial charge in [0.05, 0.1) is 6.10 Å². The molecule has 0 radical (unpaired) electrons. The molecule has 0 saturated carbocycles. The minimum absolute atomic E-state index is 0.271. The summed E-state index contributed by atoms with van der Waals surface area (Å²) in [6, 6.07) is 7.40. The van der Waals surface area contributed by atoms with Crippen LogP contribution in [0.5, 0.6) is 0 Å². The van der Waals surface area contributed by atoms with Gasteiger partial charge >= 0.3 is 0 Å². The summed E-state index contributed by atoms with van der Waals surface area (Å²) < 4.78 is 0. The van der Waals surface area contributed by atoms with E-state index in [1.165, 1.54) is 0 Å². The van der Waals surface area contributed by atoms with E-state index in [4.69, 9.17) is 11.6 Å². The minimum atomic E-state index is -0.374. The molecular formula is C13H19ClO. The van der Waals surface area contributed by atoms with E-state index in [1.54, 1.807) is 0 Å². The van der Waals surface area contributed by atoms with Crippen molar-refractivity contribution in [3.05, 3.63) is 34.9 Å². The largest absolute Gasteiger partial charge is 0.388 e. The fraction of sp³-hybridized carbons (Fsp3) is 0.538. The molecule has 1 N–H and O–H groups in total. The predicted molar refractivity (Wildman–Crippen MR) is 65.1 cm³/mol. The molecule has 0 aromatic heterocycles. The minimum Gasteiger partial charge on any atom is -0.388 e. The molecule has 0 heterocycles. The third-order valence-corrected chi connectivity index (χ3v) is 2.67. The van der Waals surface area contributed by atoms with E-state index in [0.29, 0.717) is 5.02 Å². The van der Waals surface area contributed by atoms with Gasteiger partial charge in [-0.2, -0.15) is 0 Å². The first-order valence-electron chi connectivity index (χ1n) is 5.32. The second-order valence-electron chi connectivity index (χ2n) is 5.17. The van der Waals surface area contributed by atoms with E-state index in [2.05, 4.69) is 20.8 Å². The molecule has 0 aliphatic rings. The Kier molecular flexibility index (Phi) is 4.18. The van der Waals surface area contributed by atoms with Gasteiger partial charge in [-0.1, -0.05) is 44.5 Å². The van der Waals surface area contributed by atoms with Gasteiger partial charge in [-0.05, 0) is 36.0 Å². The van der Waals surface area contributed by atoms with Crippen LogP contribution >= 0.6 is 11.6 Å². The molecule has 1 atom stereocenters. The number of hydrogen-bond acceptors (Lipinski definition) is 1. The first kappa shape index (κ1) is 12.5. The lowest BCUT2D eigenvalue weighted by atomic mass is 9.88. The SMILES string of the molecule is CC(C)(C)CC[C@H](O)c1ccc(Cl)cc1. The van der Waals surface area contributed by atoms with Crippen LogP contribution in [0.25, 0.3) is 0 Å². The maximum Gasteiger partial charge on any atom is 0.0790 e. The summed E-state index contributed by atoms with van der Waals surface area (Å²) in [7, 11) is 0. The monoisotopic (exact) mass is 226 g/mol. The second kappa shape index (κ2) is 5.00. The molecule has 1 nitrogen and oxygen atoms in total. The Hall–Kier alpha value is -0.530. The summed E-state index contributed by atoms with van der Waals surface area (Å²) in [4.78, 5) is 0. The molecule has 1 aromatic rings. The maximum atomic E-state index is 9.93. The summed E-state index contributed by atoms with van der Waals surface area (Å²) in [5.41, 5.74) is 1.22. The smallest absolute Gasteiger partial charge is 0.0790 e. The van der Waals surface area contributed by atoms with Crippen molar-refractivity contribution in [1.29, 1.82) is 0 Å². The Morgan fingerprint density at radius 1 is 1.20 bits per heavy atom. The molecular weight excluding hydrogens is 208 g/mol. The van der Waals surface area contributed by atoms with Gasteiger partial charge in [0.1, 0.15) is 0 Å². The van der Waals surface area contributed by atoms with Crippen molar-refractivity contribution >= 4 is 11.6 Å². The van der Waals surface area contributed by atoms with Crippen LogP contribution in [0.1, 0.15) is 45.3 Å². The predicted octanol–water partition coefficient (Wildman–Crippen LogP) is 4.20. The van der Waals surface area contributed by atoms with E-state index >= 15 is 0 Å². The zero-order valence-corrected chi connectivity index (χ0v) is 10.4. The molecule has 0 aliphatic heterocycles. The van der Waals surface area contributed by atoms with Crippen LogP contribution in [-0.4, -0.2) is 5.11 Å². The molecule has 0 fully saturated rings. The average molecular weight is 227 g/mol. The van der Waals surface area contributed by atoms with Crippen molar-refractivity contribution in [3.8, 4) is 0 Å². The highest BCUT2D eigenvalue weighted by Crippen LogP contribution is 2.27. The zero-order chi connectivity index (χ0) is 11.5. The highest BCUT2D eigenvalue weighted by molar-refractivity contribution is 6.30. The molecule has 2 heteroatoms. The van der Waals surface area contributed by atoms with Gasteiger partial charge in [-0.15, -0.1) is 0 Å². The molecule has 0 spiro atoms. The number of rotatable bonds is 3. The number of hydrogen-bond donors (Lipinski definition) is 1. The highest BCUT2D eigenvalue weighted by atomic mass is 35.5. The van der Waals surface area contributed by atoms with E-state index in [0.717, 1.165) is 18.4 Å². The molecule has 1 rings (SSSR count). The highest BCUT2D eigenvalue weighted by Gasteiger charge is 2.14. The van der Waals surface area contributed by atoms with Crippen molar-refractivity contribution in [1.82, 2.24) is 0 Å². The van der Waals surface area contributed by atoms with Crippen molar-refractivity contribution in [2.75, 3.05) is 0 Å². The number of halogens is 1. The summed E-state index contributed by atoms with van der Waals surface area (Å²) in [6.45, 7) is 6.55. The first-order valence-corrected chi connectivity index (χ1v) is 5.70. The lowest BCUT2D eigenvalue weighted by molar-refractivity contribution is 0.147. The van der Waals surface area contributed by atoms with Gasteiger partial charge in [-0.3, -0.25) is 0 Å². The molecule has 0 aliphatic carbocycles. The molecule has 15 heavy (non-hydrogen) atoms. The first-order chi connectivity index (χ1) is 6.88. The molecule has 0 bridgehead atoms. The van der Waals surface area contributed by atoms with E-state index in [9.17, 15) is 5.11 Å². The Balaban J connectivity index is 2.54. The van der Waals surface area contributed by atoms with Crippen LogP contribution in [-0.2, 0) is 0 Å².